The Morgan fingerprint density at radius 1 is 1.22 bits per heavy atom. The van der Waals surface area contributed by atoms with Gasteiger partial charge in [-0.25, -0.2) is 0 Å². The van der Waals surface area contributed by atoms with Gasteiger partial charge in [0.2, 0.25) is 5.95 Å². The number of nitrogens with zero attached hydrogens (tertiary/aromatic N) is 5. The summed E-state index contributed by atoms with van der Waals surface area (Å²) >= 11 is 0. The molecular weight excluding hydrogens is 228 g/mol. The first-order valence-electron chi connectivity index (χ1n) is 6.19. The fourth-order valence-electron chi connectivity index (χ4n) is 2.31. The molecule has 2 aromatic rings. The third-order valence-electron chi connectivity index (χ3n) is 3.19. The van der Waals surface area contributed by atoms with Gasteiger partial charge in [0, 0.05) is 19.1 Å². The Morgan fingerprint density at radius 2 is 2.06 bits per heavy atom. The Balaban J connectivity index is 1.92. The maximum Gasteiger partial charge on any atom is 0.250 e. The van der Waals surface area contributed by atoms with Crippen LogP contribution in [0.15, 0.2) is 30.3 Å². The van der Waals surface area contributed by atoms with E-state index in [0.29, 0.717) is 0 Å². The minimum absolute atomic E-state index is 0.208. The molecule has 0 radical (unpaired) electrons. The zero-order valence-corrected chi connectivity index (χ0v) is 10.1. The van der Waals surface area contributed by atoms with Crippen LogP contribution in [0.2, 0.25) is 0 Å². The average Bonchev–Trinajstić information content (AvgIpc) is 2.89. The molecule has 1 aromatic heterocycles. The molecule has 0 amide bonds. The van der Waals surface area contributed by atoms with Gasteiger partial charge < -0.3 is 10.6 Å². The van der Waals surface area contributed by atoms with Crippen LogP contribution in [-0.2, 0) is 0 Å². The van der Waals surface area contributed by atoms with E-state index >= 15 is 0 Å². The Kier molecular flexibility index (Phi) is 2.93. The maximum absolute atomic E-state index is 6.00. The number of anilines is 1. The van der Waals surface area contributed by atoms with Crippen LogP contribution in [0.25, 0.3) is 5.69 Å². The molecule has 94 valence electrons. The molecule has 2 N–H and O–H groups in total. The summed E-state index contributed by atoms with van der Waals surface area (Å²) in [6.45, 7) is 1.77. The number of piperidine rings is 1. The number of tetrazole rings is 1. The van der Waals surface area contributed by atoms with E-state index in [1.807, 2.05) is 30.3 Å². The van der Waals surface area contributed by atoms with Crippen molar-refractivity contribution in [1.29, 1.82) is 0 Å². The van der Waals surface area contributed by atoms with Crippen LogP contribution in [0.4, 0.5) is 5.95 Å². The summed E-state index contributed by atoms with van der Waals surface area (Å²) in [5.41, 5.74) is 6.97. The fourth-order valence-corrected chi connectivity index (χ4v) is 2.31. The third-order valence-corrected chi connectivity index (χ3v) is 3.19. The van der Waals surface area contributed by atoms with Gasteiger partial charge in [-0.15, -0.1) is 0 Å². The quantitative estimate of drug-likeness (QED) is 0.837. The number of aromatic nitrogens is 4. The van der Waals surface area contributed by atoms with Gasteiger partial charge in [0.05, 0.1) is 5.69 Å². The van der Waals surface area contributed by atoms with Gasteiger partial charge in [0.1, 0.15) is 0 Å². The molecule has 0 aliphatic carbocycles. The highest BCUT2D eigenvalue weighted by molar-refractivity contribution is 5.40. The molecule has 3 rings (SSSR count). The molecular formula is C12H16N6. The predicted molar refractivity (Wildman–Crippen MR) is 68.6 cm³/mol. The van der Waals surface area contributed by atoms with E-state index in [2.05, 4.69) is 20.4 Å². The molecule has 6 heteroatoms. The molecule has 1 saturated heterocycles. The van der Waals surface area contributed by atoms with E-state index in [4.69, 9.17) is 5.73 Å². The van der Waals surface area contributed by atoms with Gasteiger partial charge in [-0.3, -0.25) is 0 Å². The maximum atomic E-state index is 6.00. The third kappa shape index (κ3) is 2.06. The number of benzene rings is 1. The standard InChI is InChI=1S/C12H16N6/c13-10-5-4-8-17(9-10)12-14-15-16-18(12)11-6-2-1-3-7-11/h1-3,6-7,10H,4-5,8-9,13H2. The van der Waals surface area contributed by atoms with Crippen molar-refractivity contribution in [3.63, 3.8) is 0 Å². The lowest BCUT2D eigenvalue weighted by Crippen LogP contribution is -2.43. The zero-order valence-electron chi connectivity index (χ0n) is 10.1. The van der Waals surface area contributed by atoms with Gasteiger partial charge in [-0.1, -0.05) is 23.3 Å². The van der Waals surface area contributed by atoms with Crippen LogP contribution in [-0.4, -0.2) is 39.3 Å². The van der Waals surface area contributed by atoms with Crippen molar-refractivity contribution >= 4 is 5.95 Å². The highest BCUT2D eigenvalue weighted by atomic mass is 15.6. The number of nitrogens with two attached hydrogens (primary N) is 1. The molecule has 2 heterocycles. The van der Waals surface area contributed by atoms with Gasteiger partial charge >= 0.3 is 0 Å². The lowest BCUT2D eigenvalue weighted by molar-refractivity contribution is 0.497. The molecule has 0 spiro atoms. The van der Waals surface area contributed by atoms with E-state index in [1.165, 1.54) is 0 Å². The summed E-state index contributed by atoms with van der Waals surface area (Å²) < 4.78 is 1.76. The van der Waals surface area contributed by atoms with Crippen LogP contribution < -0.4 is 10.6 Å². The van der Waals surface area contributed by atoms with Crippen molar-refractivity contribution in [2.24, 2.45) is 5.73 Å². The lowest BCUT2D eigenvalue weighted by atomic mass is 10.1. The summed E-state index contributed by atoms with van der Waals surface area (Å²) in [6, 6.07) is 10.1. The summed E-state index contributed by atoms with van der Waals surface area (Å²) in [6.07, 6.45) is 2.16. The second kappa shape index (κ2) is 4.73. The summed E-state index contributed by atoms with van der Waals surface area (Å²) in [5.74, 6) is 0.774. The molecule has 1 unspecified atom stereocenters. The molecule has 1 aliphatic heterocycles. The molecule has 1 aliphatic rings. The molecule has 0 saturated carbocycles. The van der Waals surface area contributed by atoms with Crippen LogP contribution in [0, 0.1) is 0 Å². The van der Waals surface area contributed by atoms with Crippen LogP contribution in [0.1, 0.15) is 12.8 Å². The van der Waals surface area contributed by atoms with Crippen molar-refractivity contribution in [3.8, 4) is 5.69 Å². The SMILES string of the molecule is NC1CCCN(c2nnnn2-c2ccccc2)C1. The molecule has 1 fully saturated rings. The number of hydrogen-bond donors (Lipinski definition) is 1. The van der Waals surface area contributed by atoms with Gasteiger partial charge in [-0.05, 0) is 35.4 Å². The Hall–Kier alpha value is -1.95. The highest BCUT2D eigenvalue weighted by Gasteiger charge is 2.22. The second-order valence-corrected chi connectivity index (χ2v) is 4.57. The molecule has 18 heavy (non-hydrogen) atoms. The Labute approximate surface area is 105 Å². The average molecular weight is 244 g/mol. The fraction of sp³-hybridized carbons (Fsp3) is 0.417. The lowest BCUT2D eigenvalue weighted by Gasteiger charge is -2.30. The monoisotopic (exact) mass is 244 g/mol. The Morgan fingerprint density at radius 3 is 2.83 bits per heavy atom. The van der Waals surface area contributed by atoms with Crippen LogP contribution in [0.5, 0.6) is 0 Å². The Bertz CT molecular complexity index is 508. The topological polar surface area (TPSA) is 72.9 Å². The van der Waals surface area contributed by atoms with Crippen LogP contribution >= 0.6 is 0 Å². The smallest absolute Gasteiger partial charge is 0.250 e. The zero-order chi connectivity index (χ0) is 12.4. The largest absolute Gasteiger partial charge is 0.338 e. The summed E-state index contributed by atoms with van der Waals surface area (Å²) in [5, 5.41) is 12.0. The van der Waals surface area contributed by atoms with E-state index in [-0.39, 0.29) is 6.04 Å². The number of rotatable bonds is 2. The summed E-state index contributed by atoms with van der Waals surface area (Å²) in [7, 11) is 0. The van der Waals surface area contributed by atoms with Crippen molar-refractivity contribution in [3.05, 3.63) is 30.3 Å². The van der Waals surface area contributed by atoms with Crippen molar-refractivity contribution in [2.45, 2.75) is 18.9 Å². The van der Waals surface area contributed by atoms with Crippen molar-refractivity contribution < 1.29 is 0 Å². The minimum Gasteiger partial charge on any atom is -0.338 e. The summed E-state index contributed by atoms with van der Waals surface area (Å²) in [4.78, 5) is 2.15. The first kappa shape index (κ1) is 11.2. The van der Waals surface area contributed by atoms with E-state index < -0.39 is 0 Å². The van der Waals surface area contributed by atoms with Crippen molar-refractivity contribution in [2.75, 3.05) is 18.0 Å². The second-order valence-electron chi connectivity index (χ2n) is 4.57. The van der Waals surface area contributed by atoms with Gasteiger partial charge in [-0.2, -0.15) is 4.68 Å². The molecule has 1 atom stereocenters. The normalized spacial score (nSPS) is 20.1. The number of para-hydroxylation sites is 1. The van der Waals surface area contributed by atoms with Crippen LogP contribution in [0.3, 0.4) is 0 Å². The minimum atomic E-state index is 0.208. The molecule has 0 bridgehead atoms. The van der Waals surface area contributed by atoms with E-state index in [9.17, 15) is 0 Å². The van der Waals surface area contributed by atoms with E-state index in [1.54, 1.807) is 4.68 Å². The highest BCUT2D eigenvalue weighted by Crippen LogP contribution is 2.19. The van der Waals surface area contributed by atoms with E-state index in [0.717, 1.165) is 37.6 Å². The first-order chi connectivity index (χ1) is 8.84. The van der Waals surface area contributed by atoms with Gasteiger partial charge in [0.15, 0.2) is 0 Å². The van der Waals surface area contributed by atoms with Gasteiger partial charge in [0.25, 0.3) is 0 Å². The molecule has 6 nitrogen and oxygen atoms in total. The van der Waals surface area contributed by atoms with Crippen molar-refractivity contribution in [1.82, 2.24) is 20.2 Å². The molecule has 1 aromatic carbocycles. The first-order valence-corrected chi connectivity index (χ1v) is 6.19. The predicted octanol–water partition coefficient (Wildman–Crippen LogP) is 0.590. The number of hydrogen-bond acceptors (Lipinski definition) is 5.